The van der Waals surface area contributed by atoms with Gasteiger partial charge in [0.25, 0.3) is 0 Å². The van der Waals surface area contributed by atoms with Crippen LogP contribution >= 0.6 is 11.6 Å². The Kier molecular flexibility index (Phi) is 6.17. The van der Waals surface area contributed by atoms with Gasteiger partial charge in [0, 0.05) is 24.9 Å². The Balaban J connectivity index is 2.00. The molecule has 0 saturated carbocycles. The first-order valence-corrected chi connectivity index (χ1v) is 7.66. The summed E-state index contributed by atoms with van der Waals surface area (Å²) in [5, 5.41) is 1.98. The average molecular weight is 346 g/mol. The number of rotatable bonds is 6. The zero-order chi connectivity index (χ0) is 17.5. The maximum Gasteiger partial charge on any atom is 0.185 e. The van der Waals surface area contributed by atoms with Crippen molar-refractivity contribution in [2.75, 3.05) is 12.1 Å². The van der Waals surface area contributed by atoms with Crippen LogP contribution in [0.5, 0.6) is 0 Å². The van der Waals surface area contributed by atoms with Crippen molar-refractivity contribution in [2.45, 2.75) is 13.5 Å². The van der Waals surface area contributed by atoms with E-state index < -0.39 is 0 Å². The predicted octanol–water partition coefficient (Wildman–Crippen LogP) is 3.07. The minimum Gasteiger partial charge on any atom is -0.474 e. The van der Waals surface area contributed by atoms with Crippen LogP contribution in [0, 0.1) is 6.92 Å². The van der Waals surface area contributed by atoms with E-state index in [4.69, 9.17) is 27.9 Å². The second-order valence-corrected chi connectivity index (χ2v) is 5.55. The lowest BCUT2D eigenvalue weighted by Gasteiger charge is -2.19. The van der Waals surface area contributed by atoms with Crippen LogP contribution in [0.3, 0.4) is 0 Å². The average Bonchev–Trinajstić information content (AvgIpc) is 2.55. The number of nitrogens with two attached hydrogens (primary N) is 2. The number of allylic oxidation sites excluding steroid dienone is 1. The molecule has 2 aromatic rings. The van der Waals surface area contributed by atoms with Gasteiger partial charge in [-0.3, -0.25) is 4.99 Å². The topological polar surface area (TPSA) is 89.8 Å². The van der Waals surface area contributed by atoms with E-state index in [2.05, 4.69) is 9.98 Å². The molecule has 1 aromatic heterocycles. The third-order valence-electron chi connectivity index (χ3n) is 3.32. The summed E-state index contributed by atoms with van der Waals surface area (Å²) < 4.78 is 5.59. The van der Waals surface area contributed by atoms with E-state index in [0.717, 1.165) is 16.8 Å². The summed E-state index contributed by atoms with van der Waals surface area (Å²) in [6.07, 6.45) is 4.70. The fourth-order valence-corrected chi connectivity index (χ4v) is 2.16. The van der Waals surface area contributed by atoms with E-state index in [0.29, 0.717) is 17.4 Å². The molecule has 24 heavy (non-hydrogen) atoms. The van der Waals surface area contributed by atoms with Crippen LogP contribution in [-0.2, 0) is 11.3 Å². The first-order valence-electron chi connectivity index (χ1n) is 7.28. The van der Waals surface area contributed by atoms with Gasteiger partial charge in [-0.15, -0.1) is 0 Å². The fourth-order valence-electron chi connectivity index (χ4n) is 2.05. The molecule has 0 unspecified atom stereocenters. The lowest BCUT2D eigenvalue weighted by Crippen LogP contribution is -2.26. The highest BCUT2D eigenvalue weighted by Gasteiger charge is 2.08. The van der Waals surface area contributed by atoms with Crippen molar-refractivity contribution in [1.29, 1.82) is 0 Å². The Labute approximate surface area is 146 Å². The van der Waals surface area contributed by atoms with Crippen LogP contribution in [0.1, 0.15) is 11.1 Å². The third kappa shape index (κ3) is 4.97. The second kappa shape index (κ2) is 8.33. The summed E-state index contributed by atoms with van der Waals surface area (Å²) in [6.45, 7) is 2.32. The van der Waals surface area contributed by atoms with E-state index in [9.17, 15) is 0 Å². The van der Waals surface area contributed by atoms with Crippen molar-refractivity contribution in [3.05, 3.63) is 64.8 Å². The zero-order valence-corrected chi connectivity index (χ0v) is 14.4. The summed E-state index contributed by atoms with van der Waals surface area (Å²) in [5.74, 6) is 6.10. The minimum atomic E-state index is 0.259. The Morgan fingerprint density at radius 2 is 2.17 bits per heavy atom. The number of hydrogen-bond donors (Lipinski definition) is 2. The van der Waals surface area contributed by atoms with Gasteiger partial charge < -0.3 is 15.5 Å². The molecule has 7 heteroatoms. The van der Waals surface area contributed by atoms with Crippen LogP contribution in [0.4, 0.5) is 11.4 Å². The number of anilines is 1. The molecule has 1 heterocycles. The summed E-state index contributed by atoms with van der Waals surface area (Å²) in [4.78, 5) is 8.14. The number of hydrazine groups is 1. The number of hydrogen-bond acceptors (Lipinski definition) is 6. The number of aryl methyl sites for hydroxylation is 1. The van der Waals surface area contributed by atoms with Crippen LogP contribution in [0.15, 0.2) is 53.5 Å². The molecule has 0 fully saturated rings. The molecule has 1 aromatic carbocycles. The van der Waals surface area contributed by atoms with Gasteiger partial charge in [0.15, 0.2) is 5.88 Å². The molecule has 0 aliphatic rings. The quantitative estimate of drug-likeness (QED) is 0.276. The molecule has 4 N–H and O–H groups in total. The summed E-state index contributed by atoms with van der Waals surface area (Å²) in [6, 6.07) is 9.30. The summed E-state index contributed by atoms with van der Waals surface area (Å²) in [7, 11) is 1.78. The zero-order valence-electron chi connectivity index (χ0n) is 13.6. The van der Waals surface area contributed by atoms with Gasteiger partial charge in [-0.25, -0.2) is 10.8 Å². The number of halogens is 1. The van der Waals surface area contributed by atoms with Crippen molar-refractivity contribution in [3.63, 3.8) is 0 Å². The maximum atomic E-state index is 5.85. The first-order chi connectivity index (χ1) is 11.5. The van der Waals surface area contributed by atoms with Gasteiger partial charge >= 0.3 is 0 Å². The van der Waals surface area contributed by atoms with E-state index >= 15 is 0 Å². The third-order valence-corrected chi connectivity index (χ3v) is 3.55. The molecule has 0 spiro atoms. The molecular weight excluding hydrogens is 326 g/mol. The molecule has 0 radical (unpaired) electrons. The number of pyridine rings is 1. The van der Waals surface area contributed by atoms with Gasteiger partial charge in [0.1, 0.15) is 11.8 Å². The smallest absolute Gasteiger partial charge is 0.185 e. The van der Waals surface area contributed by atoms with Crippen LogP contribution in [-0.4, -0.2) is 18.2 Å². The van der Waals surface area contributed by atoms with E-state index in [1.54, 1.807) is 42.7 Å². The van der Waals surface area contributed by atoms with Crippen LogP contribution in [0.2, 0.25) is 5.15 Å². The molecule has 0 amide bonds. The summed E-state index contributed by atoms with van der Waals surface area (Å²) >= 11 is 5.72. The standard InChI is InChI=1S/C17H20ClN5O/c1-12-4-3-5-15(23(2)20)14(12)11-24-17(19)8-9-21-13-6-7-16(18)22-10-13/h3-10H,11,19-20H2,1-2H3. The monoisotopic (exact) mass is 345 g/mol. The number of benzene rings is 1. The highest BCUT2D eigenvalue weighted by molar-refractivity contribution is 6.29. The predicted molar refractivity (Wildman–Crippen MR) is 98.2 cm³/mol. The highest BCUT2D eigenvalue weighted by atomic mass is 35.5. The summed E-state index contributed by atoms with van der Waals surface area (Å²) in [5.41, 5.74) is 9.49. The fraction of sp³-hybridized carbons (Fsp3) is 0.176. The van der Waals surface area contributed by atoms with Gasteiger partial charge in [-0.05, 0) is 30.7 Å². The number of aliphatic imine (C=N–C) groups is 1. The largest absolute Gasteiger partial charge is 0.474 e. The van der Waals surface area contributed by atoms with Gasteiger partial charge in [0.05, 0.1) is 17.6 Å². The van der Waals surface area contributed by atoms with Crippen molar-refractivity contribution in [2.24, 2.45) is 16.6 Å². The first kappa shape index (κ1) is 17.8. The molecular formula is C17H20ClN5O. The van der Waals surface area contributed by atoms with Crippen molar-refractivity contribution in [3.8, 4) is 0 Å². The second-order valence-electron chi connectivity index (χ2n) is 5.16. The Morgan fingerprint density at radius 1 is 1.38 bits per heavy atom. The Bertz CT molecular complexity index is 741. The number of aromatic nitrogens is 1. The molecule has 0 bridgehead atoms. The van der Waals surface area contributed by atoms with Crippen molar-refractivity contribution >= 4 is 29.2 Å². The van der Waals surface area contributed by atoms with Gasteiger partial charge in [-0.1, -0.05) is 23.7 Å². The van der Waals surface area contributed by atoms with Crippen LogP contribution in [0.25, 0.3) is 0 Å². The Hall–Kier alpha value is -2.57. The molecule has 126 valence electrons. The molecule has 2 rings (SSSR count). The molecule has 6 nitrogen and oxygen atoms in total. The lowest BCUT2D eigenvalue weighted by atomic mass is 10.1. The number of ether oxygens (including phenoxy) is 1. The van der Waals surface area contributed by atoms with Gasteiger partial charge in [0.2, 0.25) is 0 Å². The highest BCUT2D eigenvalue weighted by Crippen LogP contribution is 2.22. The van der Waals surface area contributed by atoms with E-state index in [1.165, 1.54) is 0 Å². The van der Waals surface area contributed by atoms with E-state index in [1.807, 2.05) is 25.1 Å². The van der Waals surface area contributed by atoms with Crippen LogP contribution < -0.4 is 16.6 Å². The minimum absolute atomic E-state index is 0.259. The normalized spacial score (nSPS) is 11.8. The maximum absolute atomic E-state index is 5.85. The molecule has 0 aliphatic carbocycles. The van der Waals surface area contributed by atoms with Crippen molar-refractivity contribution in [1.82, 2.24) is 4.98 Å². The molecule has 0 saturated heterocycles. The lowest BCUT2D eigenvalue weighted by molar-refractivity contribution is 0.196. The molecule has 0 atom stereocenters. The SMILES string of the molecule is Cc1cccc(N(C)N)c1COC(N)=CC=Nc1ccc(Cl)nc1. The van der Waals surface area contributed by atoms with Gasteiger partial charge in [-0.2, -0.15) is 0 Å². The number of nitrogens with zero attached hydrogens (tertiary/aromatic N) is 3. The van der Waals surface area contributed by atoms with Crippen molar-refractivity contribution < 1.29 is 4.74 Å². The Morgan fingerprint density at radius 3 is 2.83 bits per heavy atom. The van der Waals surface area contributed by atoms with E-state index in [-0.39, 0.29) is 5.88 Å². The molecule has 0 aliphatic heterocycles.